The van der Waals surface area contributed by atoms with Crippen LogP contribution in [0.3, 0.4) is 0 Å². The molecule has 0 amide bonds. The number of aliphatic hydroxyl groups is 1. The van der Waals surface area contributed by atoms with Gasteiger partial charge in [0.15, 0.2) is 0 Å². The van der Waals surface area contributed by atoms with Crippen molar-refractivity contribution in [2.75, 3.05) is 39.5 Å². The second-order valence-corrected chi connectivity index (χ2v) is 10.5. The summed E-state index contributed by atoms with van der Waals surface area (Å²) < 4.78 is 90.6. The first kappa shape index (κ1) is 27.8. The molecule has 5 nitrogen and oxygen atoms in total. The van der Waals surface area contributed by atoms with E-state index < -0.39 is 55.6 Å². The third kappa shape index (κ3) is 5.49. The summed E-state index contributed by atoms with van der Waals surface area (Å²) in [6.07, 6.45) is -4.20. The van der Waals surface area contributed by atoms with Gasteiger partial charge in [0.2, 0.25) is 0 Å². The van der Waals surface area contributed by atoms with Gasteiger partial charge in [-0.2, -0.15) is 13.2 Å². The Labute approximate surface area is 222 Å². The van der Waals surface area contributed by atoms with Crippen molar-refractivity contribution in [3.05, 3.63) is 64.9 Å². The van der Waals surface area contributed by atoms with Crippen LogP contribution < -0.4 is 4.74 Å². The van der Waals surface area contributed by atoms with Gasteiger partial charge in [-0.15, -0.1) is 0 Å². The van der Waals surface area contributed by atoms with Gasteiger partial charge in [0, 0.05) is 66.5 Å². The van der Waals surface area contributed by atoms with Crippen molar-refractivity contribution >= 4 is 10.9 Å². The number of aromatic nitrogens is 1. The number of hydrogen-bond acceptors (Lipinski definition) is 4. The van der Waals surface area contributed by atoms with Crippen molar-refractivity contribution in [3.8, 4) is 5.75 Å². The molecule has 212 valence electrons. The van der Waals surface area contributed by atoms with E-state index in [4.69, 9.17) is 4.74 Å². The smallest absolute Gasteiger partial charge is 0.395 e. The monoisotopic (exact) mass is 555 g/mol. The highest BCUT2D eigenvalue weighted by Gasteiger charge is 2.45. The Morgan fingerprint density at radius 2 is 1.82 bits per heavy atom. The van der Waals surface area contributed by atoms with Crippen LogP contribution in [0.15, 0.2) is 36.4 Å². The van der Waals surface area contributed by atoms with Crippen LogP contribution in [0.1, 0.15) is 36.2 Å². The SMILES string of the molecule is C[C@@H]1Cc2c([nH]c3ccccc23)[C@@H](c2c(F)cc(OC3CN(CCCF)C3)cc2F)N1C[C@@H](CO)C(F)(F)F. The highest BCUT2D eigenvalue weighted by atomic mass is 19.4. The van der Waals surface area contributed by atoms with Crippen molar-refractivity contribution in [1.29, 1.82) is 0 Å². The van der Waals surface area contributed by atoms with Crippen molar-refractivity contribution < 1.29 is 36.2 Å². The van der Waals surface area contributed by atoms with Crippen molar-refractivity contribution in [2.45, 2.75) is 44.1 Å². The molecular weight excluding hydrogens is 524 g/mol. The molecule has 3 aromatic rings. The lowest BCUT2D eigenvalue weighted by Crippen LogP contribution is -2.53. The number of aromatic amines is 1. The van der Waals surface area contributed by atoms with E-state index in [1.807, 2.05) is 23.1 Å². The van der Waals surface area contributed by atoms with Crippen LogP contribution in [0.2, 0.25) is 0 Å². The van der Waals surface area contributed by atoms with E-state index in [1.54, 1.807) is 13.0 Å². The first-order valence-corrected chi connectivity index (χ1v) is 13.1. The Morgan fingerprint density at radius 1 is 1.13 bits per heavy atom. The molecule has 2 aliphatic heterocycles. The van der Waals surface area contributed by atoms with E-state index in [0.717, 1.165) is 28.6 Å². The molecule has 0 aliphatic carbocycles. The molecule has 0 spiro atoms. The van der Waals surface area contributed by atoms with E-state index in [0.29, 0.717) is 38.2 Å². The van der Waals surface area contributed by atoms with E-state index in [1.165, 1.54) is 4.90 Å². The largest absolute Gasteiger partial charge is 0.488 e. The molecule has 2 aliphatic rings. The van der Waals surface area contributed by atoms with Gasteiger partial charge in [-0.3, -0.25) is 14.2 Å². The molecule has 3 atom stereocenters. The minimum Gasteiger partial charge on any atom is -0.488 e. The number of aliphatic hydroxyl groups excluding tert-OH is 1. The minimum absolute atomic E-state index is 0.0142. The number of benzene rings is 2. The number of rotatable bonds is 9. The van der Waals surface area contributed by atoms with Gasteiger partial charge in [0.05, 0.1) is 25.2 Å². The fourth-order valence-electron chi connectivity index (χ4n) is 5.77. The maximum Gasteiger partial charge on any atom is 0.395 e. The van der Waals surface area contributed by atoms with Crippen LogP contribution in [-0.4, -0.2) is 77.7 Å². The Bertz CT molecular complexity index is 1280. The van der Waals surface area contributed by atoms with Gasteiger partial charge in [-0.25, -0.2) is 8.78 Å². The van der Waals surface area contributed by atoms with Crippen LogP contribution in [0.4, 0.5) is 26.3 Å². The number of ether oxygens (including phenoxy) is 1. The van der Waals surface area contributed by atoms with Gasteiger partial charge in [0.1, 0.15) is 23.5 Å². The molecule has 11 heteroatoms. The molecule has 1 saturated heterocycles. The zero-order chi connectivity index (χ0) is 27.9. The molecule has 0 radical (unpaired) electrons. The number of likely N-dealkylation sites (tertiary alicyclic amines) is 1. The van der Waals surface area contributed by atoms with Gasteiger partial charge < -0.3 is 14.8 Å². The first-order valence-electron chi connectivity index (χ1n) is 13.1. The second kappa shape index (κ2) is 11.0. The number of hydrogen-bond donors (Lipinski definition) is 2. The number of nitrogens with one attached hydrogen (secondary N) is 1. The molecule has 2 aromatic carbocycles. The molecule has 3 heterocycles. The van der Waals surface area contributed by atoms with Crippen LogP contribution in [0, 0.1) is 17.6 Å². The van der Waals surface area contributed by atoms with Crippen molar-refractivity contribution in [1.82, 2.24) is 14.8 Å². The predicted octanol–water partition coefficient (Wildman–Crippen LogP) is 5.38. The maximum atomic E-state index is 15.7. The van der Waals surface area contributed by atoms with E-state index in [-0.39, 0.29) is 17.4 Å². The average Bonchev–Trinajstić information content (AvgIpc) is 3.21. The fraction of sp³-hybridized carbons (Fsp3) is 0.500. The summed E-state index contributed by atoms with van der Waals surface area (Å²) in [6, 6.07) is 7.77. The van der Waals surface area contributed by atoms with Crippen molar-refractivity contribution in [3.63, 3.8) is 0 Å². The molecule has 0 unspecified atom stereocenters. The summed E-state index contributed by atoms with van der Waals surface area (Å²) in [6.45, 7) is 1.13. The minimum atomic E-state index is -4.69. The third-order valence-corrected chi connectivity index (χ3v) is 7.79. The number of alkyl halides is 4. The zero-order valence-corrected chi connectivity index (χ0v) is 21.4. The summed E-state index contributed by atoms with van der Waals surface area (Å²) in [5.41, 5.74) is 1.58. The molecule has 0 saturated carbocycles. The molecule has 1 fully saturated rings. The number of halogens is 6. The lowest BCUT2D eigenvalue weighted by molar-refractivity contribution is -0.191. The van der Waals surface area contributed by atoms with Crippen LogP contribution in [0.5, 0.6) is 5.75 Å². The van der Waals surface area contributed by atoms with E-state index in [9.17, 15) is 22.7 Å². The van der Waals surface area contributed by atoms with Gasteiger partial charge in [-0.05, 0) is 31.4 Å². The molecule has 2 N–H and O–H groups in total. The number of para-hydroxylation sites is 1. The summed E-state index contributed by atoms with van der Waals surface area (Å²) in [7, 11) is 0. The Hall–Kier alpha value is -2.76. The molecule has 5 rings (SSSR count). The summed E-state index contributed by atoms with van der Waals surface area (Å²) in [4.78, 5) is 6.60. The molecule has 1 aromatic heterocycles. The standard InChI is InChI=1S/C28H31F6N3O2/c1-16-9-21-20-5-2-3-6-24(20)35-26(21)27(37(16)12-17(15-38)28(32,33)34)25-22(30)10-18(11-23(25)31)39-19-13-36(14-19)8-4-7-29/h2-3,5-6,10-11,16-17,19,27,35,38H,4,7-9,12-15H2,1H3/t16-,17+,27-/m1/s1. The third-order valence-electron chi connectivity index (χ3n) is 7.79. The summed E-state index contributed by atoms with van der Waals surface area (Å²) in [5.74, 6) is -3.96. The molecular formula is C28H31F6N3O2. The average molecular weight is 556 g/mol. The van der Waals surface area contributed by atoms with Gasteiger partial charge in [0.25, 0.3) is 0 Å². The van der Waals surface area contributed by atoms with Crippen molar-refractivity contribution in [2.24, 2.45) is 5.92 Å². The Kier molecular flexibility index (Phi) is 7.85. The Balaban J connectivity index is 1.51. The number of H-pyrrole nitrogens is 1. The highest BCUT2D eigenvalue weighted by Crippen LogP contribution is 2.44. The van der Waals surface area contributed by atoms with Crippen LogP contribution in [0.25, 0.3) is 10.9 Å². The topological polar surface area (TPSA) is 51.7 Å². The molecule has 0 bridgehead atoms. The summed E-state index contributed by atoms with van der Waals surface area (Å²) in [5, 5.41) is 10.4. The quantitative estimate of drug-likeness (QED) is 0.349. The lowest BCUT2D eigenvalue weighted by atomic mass is 9.87. The second-order valence-electron chi connectivity index (χ2n) is 10.5. The lowest BCUT2D eigenvalue weighted by Gasteiger charge is -2.43. The van der Waals surface area contributed by atoms with Crippen LogP contribution >= 0.6 is 0 Å². The van der Waals surface area contributed by atoms with Gasteiger partial charge >= 0.3 is 6.18 Å². The number of nitrogens with zero attached hydrogens (tertiary/aromatic N) is 2. The van der Waals surface area contributed by atoms with Crippen LogP contribution in [-0.2, 0) is 6.42 Å². The fourth-order valence-corrected chi connectivity index (χ4v) is 5.77. The van der Waals surface area contributed by atoms with E-state index >= 15 is 8.78 Å². The van der Waals surface area contributed by atoms with E-state index in [2.05, 4.69) is 4.98 Å². The predicted molar refractivity (Wildman–Crippen MR) is 134 cm³/mol. The highest BCUT2D eigenvalue weighted by molar-refractivity contribution is 5.85. The Morgan fingerprint density at radius 3 is 2.46 bits per heavy atom. The van der Waals surface area contributed by atoms with Gasteiger partial charge in [-0.1, -0.05) is 18.2 Å². The normalized spacial score (nSPS) is 21.6. The first-order chi connectivity index (χ1) is 18.6. The number of fused-ring (bicyclic) bond motifs is 3. The molecule has 39 heavy (non-hydrogen) atoms. The summed E-state index contributed by atoms with van der Waals surface area (Å²) >= 11 is 0. The zero-order valence-electron chi connectivity index (χ0n) is 21.4. The maximum absolute atomic E-state index is 15.7.